The van der Waals surface area contributed by atoms with E-state index in [4.69, 9.17) is 100 Å². The molecule has 0 rings (SSSR count). The molecular weight excluding hydrogens is 933 g/mol. The van der Waals surface area contributed by atoms with Gasteiger partial charge in [-0.25, -0.2) is 4.79 Å². The summed E-state index contributed by atoms with van der Waals surface area (Å²) in [5, 5.41) is 6.01. The highest BCUT2D eigenvalue weighted by atomic mass is 16.6. The van der Waals surface area contributed by atoms with Crippen molar-refractivity contribution in [1.29, 1.82) is 0 Å². The molecule has 0 aromatic heterocycles. The first-order chi connectivity index (χ1) is 34.5. The molecule has 0 aliphatic heterocycles. The normalized spacial score (nSPS) is 11.6. The highest BCUT2D eigenvalue weighted by molar-refractivity contribution is 5.67. The minimum Gasteiger partial charge on any atom is -0.444 e. The van der Waals surface area contributed by atoms with Crippen molar-refractivity contribution in [2.45, 2.75) is 26.4 Å². The number of amides is 1. The standard InChI is InChI=1S/C45H90N4O21/c1-45(2,3)70-44(50)47-4-6-51-8-10-53-12-14-55-16-18-57-20-22-59-24-26-61-28-30-63-32-34-65-36-38-67-40-42-69-43-41-68-39-37-66-35-33-64-31-29-62-27-25-60-23-21-58-19-17-56-15-13-54-11-9-52-7-5-48-49-46/h4-43H2,1-3H3,(H,47,50). The summed E-state index contributed by atoms with van der Waals surface area (Å²) in [7, 11) is 0. The van der Waals surface area contributed by atoms with Crippen molar-refractivity contribution in [1.82, 2.24) is 5.32 Å². The molecular formula is C45H90N4O21. The fourth-order valence-corrected chi connectivity index (χ4v) is 4.75. The maximum absolute atomic E-state index is 11.5. The predicted molar refractivity (Wildman–Crippen MR) is 254 cm³/mol. The lowest BCUT2D eigenvalue weighted by atomic mass is 10.2. The molecule has 0 fully saturated rings. The lowest BCUT2D eigenvalue weighted by Crippen LogP contribution is -2.34. The summed E-state index contributed by atoms with van der Waals surface area (Å²) in [4.78, 5) is 14.2. The summed E-state index contributed by atoms with van der Waals surface area (Å²) in [6.07, 6.45) is -0.458. The van der Waals surface area contributed by atoms with Crippen LogP contribution in [0, 0.1) is 0 Å². The minimum absolute atomic E-state index is 0.320. The zero-order valence-corrected chi connectivity index (χ0v) is 42.7. The molecule has 1 N–H and O–H groups in total. The van der Waals surface area contributed by atoms with Crippen molar-refractivity contribution in [3.8, 4) is 0 Å². The van der Waals surface area contributed by atoms with Gasteiger partial charge in [0.05, 0.1) is 251 Å². The van der Waals surface area contributed by atoms with E-state index in [1.165, 1.54) is 0 Å². The molecule has 0 aliphatic carbocycles. The number of hydrogen-bond acceptors (Lipinski definition) is 22. The van der Waals surface area contributed by atoms with Gasteiger partial charge in [0.25, 0.3) is 0 Å². The number of ether oxygens (including phenoxy) is 20. The van der Waals surface area contributed by atoms with Crippen molar-refractivity contribution >= 4 is 6.09 Å². The molecule has 0 aromatic rings. The number of nitrogens with one attached hydrogen (secondary N) is 1. The van der Waals surface area contributed by atoms with Gasteiger partial charge < -0.3 is 100 Å². The summed E-state index contributed by atoms with van der Waals surface area (Å²) < 4.78 is 109. The van der Waals surface area contributed by atoms with Crippen LogP contribution in [0.5, 0.6) is 0 Å². The zero-order chi connectivity index (χ0) is 50.6. The zero-order valence-electron chi connectivity index (χ0n) is 42.7. The Balaban J connectivity index is 3.10. The molecule has 0 bridgehead atoms. The van der Waals surface area contributed by atoms with Crippen molar-refractivity contribution in [2.75, 3.05) is 264 Å². The molecule has 0 saturated heterocycles. The van der Waals surface area contributed by atoms with Gasteiger partial charge in [-0.2, -0.15) is 0 Å². The Morgan fingerprint density at radius 2 is 0.500 bits per heavy atom. The van der Waals surface area contributed by atoms with Crippen LogP contribution in [0.1, 0.15) is 20.8 Å². The second-order valence-corrected chi connectivity index (χ2v) is 15.0. The van der Waals surface area contributed by atoms with Crippen molar-refractivity contribution < 1.29 is 99.5 Å². The number of nitrogens with zero attached hydrogens (tertiary/aromatic N) is 3. The number of rotatable bonds is 60. The Morgan fingerprint density at radius 1 is 0.329 bits per heavy atom. The quantitative estimate of drug-likeness (QED) is 0.0396. The summed E-state index contributed by atoms with van der Waals surface area (Å²) in [6, 6.07) is 0. The van der Waals surface area contributed by atoms with Gasteiger partial charge in [-0.1, -0.05) is 5.11 Å². The van der Waals surface area contributed by atoms with Crippen molar-refractivity contribution in [3.63, 3.8) is 0 Å². The van der Waals surface area contributed by atoms with Gasteiger partial charge in [-0.15, -0.1) is 0 Å². The van der Waals surface area contributed by atoms with Crippen LogP contribution in [-0.4, -0.2) is 276 Å². The molecule has 0 unspecified atom stereocenters. The molecule has 0 aliphatic rings. The van der Waals surface area contributed by atoms with E-state index < -0.39 is 11.7 Å². The van der Waals surface area contributed by atoms with E-state index >= 15 is 0 Å². The van der Waals surface area contributed by atoms with E-state index in [2.05, 4.69) is 15.3 Å². The van der Waals surface area contributed by atoms with Crippen molar-refractivity contribution in [3.05, 3.63) is 10.4 Å². The van der Waals surface area contributed by atoms with E-state index in [-0.39, 0.29) is 0 Å². The van der Waals surface area contributed by atoms with Gasteiger partial charge in [-0.05, 0) is 26.3 Å². The molecule has 70 heavy (non-hydrogen) atoms. The molecule has 0 heterocycles. The topological polar surface area (TPSA) is 262 Å². The number of carbonyl (C=O) groups excluding carboxylic acids is 1. The van der Waals surface area contributed by atoms with Gasteiger partial charge in [-0.3, -0.25) is 0 Å². The van der Waals surface area contributed by atoms with Crippen LogP contribution in [0.3, 0.4) is 0 Å². The van der Waals surface area contributed by atoms with E-state index in [0.29, 0.717) is 264 Å². The van der Waals surface area contributed by atoms with Gasteiger partial charge >= 0.3 is 6.09 Å². The van der Waals surface area contributed by atoms with E-state index in [1.807, 2.05) is 20.8 Å². The molecule has 0 atom stereocenters. The summed E-state index contributed by atoms with van der Waals surface area (Å²) in [6.45, 7) is 24.1. The Kier molecular flexibility index (Phi) is 57.5. The maximum Gasteiger partial charge on any atom is 0.407 e. The van der Waals surface area contributed by atoms with Crippen LogP contribution >= 0.6 is 0 Å². The Labute approximate surface area is 416 Å². The molecule has 416 valence electrons. The summed E-state index contributed by atoms with van der Waals surface area (Å²) >= 11 is 0. The fourth-order valence-electron chi connectivity index (χ4n) is 4.75. The van der Waals surface area contributed by atoms with Gasteiger partial charge in [0.15, 0.2) is 0 Å². The molecule has 0 aromatic carbocycles. The first kappa shape index (κ1) is 67.8. The largest absolute Gasteiger partial charge is 0.444 e. The van der Waals surface area contributed by atoms with Crippen LogP contribution in [0.15, 0.2) is 5.11 Å². The first-order valence-electron chi connectivity index (χ1n) is 24.4. The number of alkyl carbamates (subject to hydrolysis) is 1. The SMILES string of the molecule is CC(C)(C)OC(=O)NCCOCCOCCOCCOCCOCCOCCOCCOCCOCCOCCOCCOCCOCCOCCOCCOCCOCCOCCOCCN=[N+]=[N-]. The van der Waals surface area contributed by atoms with E-state index in [1.54, 1.807) is 0 Å². The smallest absolute Gasteiger partial charge is 0.407 e. The molecule has 25 nitrogen and oxygen atoms in total. The minimum atomic E-state index is -0.520. The van der Waals surface area contributed by atoms with Gasteiger partial charge in [0.1, 0.15) is 5.60 Å². The third kappa shape index (κ3) is 63.8. The van der Waals surface area contributed by atoms with Crippen LogP contribution in [0.2, 0.25) is 0 Å². The second-order valence-electron chi connectivity index (χ2n) is 15.0. The van der Waals surface area contributed by atoms with Crippen LogP contribution < -0.4 is 5.32 Å². The summed E-state index contributed by atoms with van der Waals surface area (Å²) in [5.41, 5.74) is 7.64. The van der Waals surface area contributed by atoms with Crippen LogP contribution in [0.4, 0.5) is 4.79 Å². The molecule has 0 radical (unpaired) electrons. The third-order valence-electron chi connectivity index (χ3n) is 8.01. The van der Waals surface area contributed by atoms with Gasteiger partial charge in [0, 0.05) is 18.0 Å². The van der Waals surface area contributed by atoms with Crippen LogP contribution in [0.25, 0.3) is 10.4 Å². The lowest BCUT2D eigenvalue weighted by molar-refractivity contribution is -0.0312. The molecule has 0 spiro atoms. The first-order valence-corrected chi connectivity index (χ1v) is 24.4. The second kappa shape index (κ2) is 59.4. The number of hydrogen-bond donors (Lipinski definition) is 1. The highest BCUT2D eigenvalue weighted by Crippen LogP contribution is 2.06. The molecule has 0 saturated carbocycles. The van der Waals surface area contributed by atoms with Crippen LogP contribution in [-0.2, 0) is 94.7 Å². The predicted octanol–water partition coefficient (Wildman–Crippen LogP) is 2.14. The van der Waals surface area contributed by atoms with E-state index in [0.717, 1.165) is 0 Å². The molecule has 25 heteroatoms. The fraction of sp³-hybridized carbons (Fsp3) is 0.978. The summed E-state index contributed by atoms with van der Waals surface area (Å²) in [5.74, 6) is 0. The van der Waals surface area contributed by atoms with Crippen molar-refractivity contribution in [2.24, 2.45) is 5.11 Å². The Hall–Kier alpha value is -2.18. The average Bonchev–Trinajstić information content (AvgIpc) is 3.34. The van der Waals surface area contributed by atoms with E-state index in [9.17, 15) is 4.79 Å². The molecule has 1 amide bonds. The maximum atomic E-state index is 11.5. The Morgan fingerprint density at radius 3 is 0.671 bits per heavy atom. The number of azide groups is 1. The highest BCUT2D eigenvalue weighted by Gasteiger charge is 2.15. The van der Waals surface area contributed by atoms with Gasteiger partial charge in [0.2, 0.25) is 0 Å². The lowest BCUT2D eigenvalue weighted by Gasteiger charge is -2.19. The Bertz CT molecular complexity index is 1090. The average molecular weight is 1020 g/mol. The number of carbonyl (C=O) groups is 1. The third-order valence-corrected chi connectivity index (χ3v) is 8.01. The monoisotopic (exact) mass is 1020 g/mol.